The van der Waals surface area contributed by atoms with Crippen molar-refractivity contribution in [1.29, 1.82) is 0 Å². The second-order valence-electron chi connectivity index (χ2n) is 4.80. The van der Waals surface area contributed by atoms with E-state index in [1.165, 1.54) is 6.07 Å². The van der Waals surface area contributed by atoms with Gasteiger partial charge in [0.1, 0.15) is 0 Å². The van der Waals surface area contributed by atoms with Crippen LogP contribution in [0, 0.1) is 0 Å². The maximum absolute atomic E-state index is 12.5. The number of alkyl halides is 3. The first-order chi connectivity index (χ1) is 8.71. The van der Waals surface area contributed by atoms with E-state index in [4.69, 9.17) is 5.73 Å². The second-order valence-corrected chi connectivity index (χ2v) is 4.80. The van der Waals surface area contributed by atoms with Crippen molar-refractivity contribution in [3.63, 3.8) is 0 Å². The number of anilines is 2. The molecule has 0 spiro atoms. The molecule has 0 aliphatic rings. The molecule has 0 bridgehead atoms. The largest absolute Gasteiger partial charge is 0.416 e. The Hall–Kier alpha value is -1.43. The van der Waals surface area contributed by atoms with Crippen molar-refractivity contribution in [3.05, 3.63) is 23.8 Å². The number of hydrogen-bond donors (Lipinski definition) is 2. The Balaban J connectivity index is 2.61. The minimum atomic E-state index is -4.36. The van der Waals surface area contributed by atoms with E-state index in [2.05, 4.69) is 24.1 Å². The lowest BCUT2D eigenvalue weighted by Crippen LogP contribution is -2.31. The highest BCUT2D eigenvalue weighted by Crippen LogP contribution is 2.32. The van der Waals surface area contributed by atoms with Gasteiger partial charge in [0.05, 0.1) is 16.9 Å². The van der Waals surface area contributed by atoms with Crippen molar-refractivity contribution in [1.82, 2.24) is 4.90 Å². The highest BCUT2D eigenvalue weighted by atomic mass is 19.4. The van der Waals surface area contributed by atoms with Crippen molar-refractivity contribution >= 4 is 11.4 Å². The molecule has 0 aliphatic heterocycles. The van der Waals surface area contributed by atoms with Gasteiger partial charge in [0.25, 0.3) is 0 Å². The zero-order chi connectivity index (χ0) is 14.6. The lowest BCUT2D eigenvalue weighted by atomic mass is 10.1. The smallest absolute Gasteiger partial charge is 0.397 e. The summed E-state index contributed by atoms with van der Waals surface area (Å²) < 4.78 is 37.4. The van der Waals surface area contributed by atoms with Gasteiger partial charge in [-0.2, -0.15) is 13.2 Å². The van der Waals surface area contributed by atoms with Gasteiger partial charge in [-0.3, -0.25) is 0 Å². The normalized spacial score (nSPS) is 12.2. The third-order valence-electron chi connectivity index (χ3n) is 3.04. The minimum absolute atomic E-state index is 0.113. The van der Waals surface area contributed by atoms with Crippen LogP contribution >= 0.6 is 0 Å². The van der Waals surface area contributed by atoms with E-state index in [0.717, 1.165) is 18.7 Å². The van der Waals surface area contributed by atoms with Crippen LogP contribution in [0.5, 0.6) is 0 Å². The summed E-state index contributed by atoms with van der Waals surface area (Å²) in [6.07, 6.45) is -4.36. The summed E-state index contributed by atoms with van der Waals surface area (Å²) in [5.74, 6) is 0. The molecule has 0 unspecified atom stereocenters. The van der Waals surface area contributed by atoms with E-state index in [0.29, 0.717) is 18.3 Å². The van der Waals surface area contributed by atoms with Crippen molar-refractivity contribution < 1.29 is 13.2 Å². The van der Waals surface area contributed by atoms with Crippen molar-refractivity contribution in [2.24, 2.45) is 0 Å². The van der Waals surface area contributed by atoms with Gasteiger partial charge in [-0.15, -0.1) is 0 Å². The fourth-order valence-electron chi connectivity index (χ4n) is 1.53. The number of nitrogens with one attached hydrogen (secondary N) is 1. The van der Waals surface area contributed by atoms with Crippen LogP contribution in [0.25, 0.3) is 0 Å². The molecule has 0 saturated heterocycles. The predicted octanol–water partition coefficient (Wildman–Crippen LogP) is 3.04. The Kier molecular flexibility index (Phi) is 5.05. The quantitative estimate of drug-likeness (QED) is 0.812. The summed E-state index contributed by atoms with van der Waals surface area (Å²) in [6.45, 7) is 5.57. The van der Waals surface area contributed by atoms with Gasteiger partial charge in [-0.05, 0) is 39.1 Å². The minimum Gasteiger partial charge on any atom is -0.397 e. The maximum atomic E-state index is 12.5. The van der Waals surface area contributed by atoms with Crippen LogP contribution in [-0.2, 0) is 6.18 Å². The molecule has 1 rings (SSSR count). The van der Waals surface area contributed by atoms with Gasteiger partial charge in [0.2, 0.25) is 0 Å². The Morgan fingerprint density at radius 2 is 1.95 bits per heavy atom. The summed E-state index contributed by atoms with van der Waals surface area (Å²) >= 11 is 0. The van der Waals surface area contributed by atoms with E-state index >= 15 is 0 Å². The number of rotatable bonds is 5. The first-order valence-corrected chi connectivity index (χ1v) is 6.12. The number of nitrogens with zero attached hydrogens (tertiary/aromatic N) is 1. The Labute approximate surface area is 111 Å². The zero-order valence-corrected chi connectivity index (χ0v) is 11.4. The molecule has 0 amide bonds. The average Bonchev–Trinajstić information content (AvgIpc) is 2.29. The standard InChI is InChI=1S/C13H20F3N3/c1-9(2)19(3)7-6-18-12-5-4-10(8-11(12)17)13(14,15)16/h4-5,8-9,18H,6-7,17H2,1-3H3. The molecular formula is C13H20F3N3. The van der Waals surface area contributed by atoms with Gasteiger partial charge in [0, 0.05) is 19.1 Å². The Morgan fingerprint density at radius 1 is 1.32 bits per heavy atom. The van der Waals surface area contributed by atoms with Gasteiger partial charge < -0.3 is 16.0 Å². The van der Waals surface area contributed by atoms with Crippen molar-refractivity contribution in [3.8, 4) is 0 Å². The van der Waals surface area contributed by atoms with Gasteiger partial charge in [-0.25, -0.2) is 0 Å². The molecule has 1 aromatic carbocycles. The molecular weight excluding hydrogens is 255 g/mol. The lowest BCUT2D eigenvalue weighted by Gasteiger charge is -2.21. The lowest BCUT2D eigenvalue weighted by molar-refractivity contribution is -0.137. The SMILES string of the molecule is CC(C)N(C)CCNc1ccc(C(F)(F)F)cc1N. The van der Waals surface area contributed by atoms with Crippen LogP contribution in [0.2, 0.25) is 0 Å². The predicted molar refractivity (Wildman–Crippen MR) is 72.1 cm³/mol. The van der Waals surface area contributed by atoms with E-state index in [1.807, 2.05) is 7.05 Å². The Morgan fingerprint density at radius 3 is 2.42 bits per heavy atom. The van der Waals surface area contributed by atoms with Crippen molar-refractivity contribution in [2.45, 2.75) is 26.1 Å². The summed E-state index contributed by atoms with van der Waals surface area (Å²) in [5, 5.41) is 3.04. The Bertz CT molecular complexity index is 416. The molecule has 3 nitrogen and oxygen atoms in total. The molecule has 0 radical (unpaired) electrons. The van der Waals surface area contributed by atoms with Crippen molar-refractivity contribution in [2.75, 3.05) is 31.2 Å². The molecule has 1 aromatic rings. The molecule has 6 heteroatoms. The third-order valence-corrected chi connectivity index (χ3v) is 3.04. The number of likely N-dealkylation sites (N-methyl/N-ethyl adjacent to an activating group) is 1. The van der Waals surface area contributed by atoms with Crippen LogP contribution in [-0.4, -0.2) is 31.1 Å². The number of benzene rings is 1. The molecule has 0 fully saturated rings. The monoisotopic (exact) mass is 275 g/mol. The molecule has 0 saturated carbocycles. The molecule has 3 N–H and O–H groups in total. The first kappa shape index (κ1) is 15.6. The van der Waals surface area contributed by atoms with E-state index < -0.39 is 11.7 Å². The fraction of sp³-hybridized carbons (Fsp3) is 0.538. The number of nitrogens with two attached hydrogens (primary N) is 1. The molecule has 0 atom stereocenters. The first-order valence-electron chi connectivity index (χ1n) is 6.12. The van der Waals surface area contributed by atoms with E-state index in [9.17, 15) is 13.2 Å². The second kappa shape index (κ2) is 6.14. The maximum Gasteiger partial charge on any atom is 0.416 e. The number of halogens is 3. The molecule has 0 aliphatic carbocycles. The van der Waals surface area contributed by atoms with Gasteiger partial charge >= 0.3 is 6.18 Å². The third kappa shape index (κ3) is 4.63. The molecule has 19 heavy (non-hydrogen) atoms. The summed E-state index contributed by atoms with van der Waals surface area (Å²) in [7, 11) is 1.99. The van der Waals surface area contributed by atoms with Gasteiger partial charge in [-0.1, -0.05) is 0 Å². The molecule has 0 heterocycles. The van der Waals surface area contributed by atoms with Gasteiger partial charge in [0.15, 0.2) is 0 Å². The molecule has 108 valence electrons. The van der Waals surface area contributed by atoms with Crippen LogP contribution in [0.3, 0.4) is 0 Å². The number of hydrogen-bond acceptors (Lipinski definition) is 3. The topological polar surface area (TPSA) is 41.3 Å². The highest BCUT2D eigenvalue weighted by molar-refractivity contribution is 5.67. The fourth-order valence-corrected chi connectivity index (χ4v) is 1.53. The van der Waals surface area contributed by atoms with Crippen LogP contribution in [0.4, 0.5) is 24.5 Å². The van der Waals surface area contributed by atoms with Crippen LogP contribution < -0.4 is 11.1 Å². The summed E-state index contributed by atoms with van der Waals surface area (Å²) in [6, 6.07) is 3.78. The average molecular weight is 275 g/mol. The van der Waals surface area contributed by atoms with Crippen LogP contribution in [0.1, 0.15) is 19.4 Å². The zero-order valence-electron chi connectivity index (χ0n) is 11.4. The highest BCUT2D eigenvalue weighted by Gasteiger charge is 2.30. The summed E-state index contributed by atoms with van der Waals surface area (Å²) in [5.41, 5.74) is 5.54. The summed E-state index contributed by atoms with van der Waals surface area (Å²) in [4.78, 5) is 2.13. The van der Waals surface area contributed by atoms with E-state index in [1.54, 1.807) is 0 Å². The van der Waals surface area contributed by atoms with E-state index in [-0.39, 0.29) is 5.69 Å². The van der Waals surface area contributed by atoms with Crippen LogP contribution in [0.15, 0.2) is 18.2 Å². The molecule has 0 aromatic heterocycles. The number of nitrogen functional groups attached to an aromatic ring is 1.